The molecule has 0 saturated carbocycles. The van der Waals surface area contributed by atoms with E-state index >= 15 is 0 Å². The van der Waals surface area contributed by atoms with Crippen LogP contribution in [0.3, 0.4) is 0 Å². The van der Waals surface area contributed by atoms with Gasteiger partial charge in [-0.05, 0) is 31.4 Å². The van der Waals surface area contributed by atoms with Gasteiger partial charge in [0.15, 0.2) is 0 Å². The van der Waals surface area contributed by atoms with E-state index in [2.05, 4.69) is 4.90 Å². The number of likely N-dealkylation sites (tertiary alicyclic amines) is 1. The van der Waals surface area contributed by atoms with E-state index in [9.17, 15) is 18.0 Å². The molecule has 1 aromatic heterocycles. The lowest BCUT2D eigenvalue weighted by atomic mass is 9.98. The molecule has 0 aliphatic carbocycles. The van der Waals surface area contributed by atoms with E-state index in [1.165, 1.54) is 0 Å². The Kier molecular flexibility index (Phi) is 7.37. The predicted octanol–water partition coefficient (Wildman–Crippen LogP) is 1.89. The Labute approximate surface area is 171 Å². The number of halogens is 3. The molecule has 3 saturated heterocycles. The Morgan fingerprint density at radius 1 is 1.13 bits per heavy atom. The summed E-state index contributed by atoms with van der Waals surface area (Å²) in [4.78, 5) is 25.8. The van der Waals surface area contributed by atoms with E-state index < -0.39 is 12.1 Å². The monoisotopic (exact) mass is 434 g/mol. The minimum atomic E-state index is -5.08. The highest BCUT2D eigenvalue weighted by Gasteiger charge is 2.42. The lowest BCUT2D eigenvalue weighted by molar-refractivity contribution is -0.192. The number of hydrogen-bond donors (Lipinski definition) is 1. The van der Waals surface area contributed by atoms with Gasteiger partial charge >= 0.3 is 12.1 Å². The van der Waals surface area contributed by atoms with Crippen molar-refractivity contribution in [3.63, 3.8) is 0 Å². The number of carboxylic acid groups (broad SMARTS) is 1. The van der Waals surface area contributed by atoms with Gasteiger partial charge in [-0.1, -0.05) is 0 Å². The van der Waals surface area contributed by atoms with Crippen LogP contribution < -0.4 is 0 Å². The van der Waals surface area contributed by atoms with E-state index in [0.717, 1.165) is 38.1 Å². The standard InChI is InChI=1S/C17H24N2O4.C2HF3O2/c20-17(18-7-10-21-11-8-18)16-4-3-14-15(23-16)5-6-19(14)12-13-2-1-9-22-13;3-2(4,5)1(6)7/h1-2,9,14-16H,3-8,10-12H2;(H,6,7)/t14-,15-,16-;/m1./s1. The zero-order valence-corrected chi connectivity index (χ0v) is 16.3. The van der Waals surface area contributed by atoms with Gasteiger partial charge in [-0.25, -0.2) is 4.79 Å². The zero-order valence-electron chi connectivity index (χ0n) is 16.3. The summed E-state index contributed by atoms with van der Waals surface area (Å²) in [5.41, 5.74) is 0. The van der Waals surface area contributed by atoms with E-state index in [-0.39, 0.29) is 18.1 Å². The van der Waals surface area contributed by atoms with Crippen LogP contribution in [0, 0.1) is 0 Å². The van der Waals surface area contributed by atoms with E-state index in [4.69, 9.17) is 23.8 Å². The van der Waals surface area contributed by atoms with Crippen molar-refractivity contribution in [1.29, 1.82) is 0 Å². The van der Waals surface area contributed by atoms with Crippen LogP contribution in [-0.2, 0) is 25.6 Å². The number of carbonyl (C=O) groups is 2. The summed E-state index contributed by atoms with van der Waals surface area (Å²) < 4.78 is 48.7. The molecule has 168 valence electrons. The lowest BCUT2D eigenvalue weighted by Crippen LogP contribution is -2.51. The maximum absolute atomic E-state index is 12.6. The van der Waals surface area contributed by atoms with Crippen LogP contribution in [0.15, 0.2) is 22.8 Å². The molecule has 3 aliphatic heterocycles. The van der Waals surface area contributed by atoms with Crippen molar-refractivity contribution >= 4 is 11.9 Å². The average molecular weight is 434 g/mol. The molecule has 0 aromatic carbocycles. The molecule has 4 rings (SSSR count). The molecule has 0 unspecified atom stereocenters. The van der Waals surface area contributed by atoms with Crippen LogP contribution in [0.25, 0.3) is 0 Å². The van der Waals surface area contributed by atoms with E-state index in [0.29, 0.717) is 32.3 Å². The molecule has 3 aliphatic rings. The second-order valence-electron chi connectivity index (χ2n) is 7.39. The number of furan rings is 1. The second kappa shape index (κ2) is 9.80. The average Bonchev–Trinajstić information content (AvgIpc) is 3.38. The third kappa shape index (κ3) is 5.73. The molecule has 8 nitrogen and oxygen atoms in total. The molecule has 3 atom stereocenters. The Morgan fingerprint density at radius 2 is 1.83 bits per heavy atom. The van der Waals surface area contributed by atoms with Crippen molar-refractivity contribution in [2.24, 2.45) is 0 Å². The van der Waals surface area contributed by atoms with Gasteiger partial charge in [0.2, 0.25) is 0 Å². The summed E-state index contributed by atoms with van der Waals surface area (Å²) in [6, 6.07) is 4.35. The van der Waals surface area contributed by atoms with Gasteiger partial charge in [0.05, 0.1) is 32.1 Å². The van der Waals surface area contributed by atoms with Gasteiger partial charge in [0.25, 0.3) is 5.91 Å². The Bertz CT molecular complexity index is 706. The summed E-state index contributed by atoms with van der Waals surface area (Å²) in [6.45, 7) is 4.51. The molecule has 0 spiro atoms. The van der Waals surface area contributed by atoms with Gasteiger partial charge in [-0.3, -0.25) is 9.69 Å². The van der Waals surface area contributed by atoms with Crippen molar-refractivity contribution in [3.05, 3.63) is 24.2 Å². The highest BCUT2D eigenvalue weighted by Crippen LogP contribution is 2.33. The number of carboxylic acids is 1. The number of hydrogen-bond acceptors (Lipinski definition) is 6. The summed E-state index contributed by atoms with van der Waals surface area (Å²) >= 11 is 0. The number of alkyl halides is 3. The largest absolute Gasteiger partial charge is 0.490 e. The van der Waals surface area contributed by atoms with Crippen molar-refractivity contribution in [2.45, 2.75) is 50.2 Å². The number of nitrogens with zero attached hydrogens (tertiary/aromatic N) is 2. The van der Waals surface area contributed by atoms with Gasteiger partial charge in [0, 0.05) is 25.7 Å². The first-order chi connectivity index (χ1) is 14.3. The van der Waals surface area contributed by atoms with Crippen molar-refractivity contribution in [3.8, 4) is 0 Å². The molecule has 0 radical (unpaired) electrons. The summed E-state index contributed by atoms with van der Waals surface area (Å²) in [7, 11) is 0. The lowest BCUT2D eigenvalue weighted by Gasteiger charge is -2.37. The molecule has 1 amide bonds. The predicted molar refractivity (Wildman–Crippen MR) is 96.5 cm³/mol. The normalized spacial score (nSPS) is 27.2. The van der Waals surface area contributed by atoms with Crippen molar-refractivity contribution in [2.75, 3.05) is 32.8 Å². The fourth-order valence-electron chi connectivity index (χ4n) is 3.98. The highest BCUT2D eigenvalue weighted by molar-refractivity contribution is 5.81. The molecule has 1 N–H and O–H groups in total. The van der Waals surface area contributed by atoms with Crippen LogP contribution in [-0.4, -0.2) is 84.1 Å². The molecule has 3 fully saturated rings. The topological polar surface area (TPSA) is 92.5 Å². The summed E-state index contributed by atoms with van der Waals surface area (Å²) in [5.74, 6) is -1.61. The van der Waals surface area contributed by atoms with Crippen LogP contribution in [0.5, 0.6) is 0 Å². The molecular weight excluding hydrogens is 409 g/mol. The zero-order chi connectivity index (χ0) is 21.7. The van der Waals surface area contributed by atoms with E-state index in [1.54, 1.807) is 6.26 Å². The molecule has 30 heavy (non-hydrogen) atoms. The van der Waals surface area contributed by atoms with Crippen LogP contribution in [0.1, 0.15) is 25.0 Å². The first-order valence-electron chi connectivity index (χ1n) is 9.84. The van der Waals surface area contributed by atoms with Gasteiger partial charge < -0.3 is 23.9 Å². The van der Waals surface area contributed by atoms with Crippen molar-refractivity contribution < 1.29 is 41.8 Å². The first-order valence-corrected chi connectivity index (χ1v) is 9.84. The van der Waals surface area contributed by atoms with Crippen molar-refractivity contribution in [1.82, 2.24) is 9.80 Å². The first kappa shape index (κ1) is 22.6. The number of aliphatic carboxylic acids is 1. The third-order valence-corrected chi connectivity index (χ3v) is 5.44. The fourth-order valence-corrected chi connectivity index (χ4v) is 3.98. The van der Waals surface area contributed by atoms with Crippen LogP contribution in [0.2, 0.25) is 0 Å². The molecule has 0 bridgehead atoms. The summed E-state index contributed by atoms with van der Waals surface area (Å²) in [5, 5.41) is 7.12. The Balaban J connectivity index is 0.000000318. The van der Waals surface area contributed by atoms with Gasteiger partial charge in [-0.2, -0.15) is 13.2 Å². The second-order valence-corrected chi connectivity index (χ2v) is 7.39. The fraction of sp³-hybridized carbons (Fsp3) is 0.684. The minimum Gasteiger partial charge on any atom is -0.475 e. The molecular formula is C19H25F3N2O6. The van der Waals surface area contributed by atoms with E-state index in [1.807, 2.05) is 17.0 Å². The highest BCUT2D eigenvalue weighted by atomic mass is 19.4. The minimum absolute atomic E-state index is 0.149. The third-order valence-electron chi connectivity index (χ3n) is 5.44. The Hall–Kier alpha value is -2.11. The quantitative estimate of drug-likeness (QED) is 0.777. The number of ether oxygens (including phenoxy) is 2. The maximum Gasteiger partial charge on any atom is 0.490 e. The summed E-state index contributed by atoms with van der Waals surface area (Å²) in [6.07, 6.45) is -0.625. The number of morpholine rings is 1. The molecule has 1 aromatic rings. The van der Waals surface area contributed by atoms with Crippen LogP contribution >= 0.6 is 0 Å². The van der Waals surface area contributed by atoms with Crippen LogP contribution in [0.4, 0.5) is 13.2 Å². The smallest absolute Gasteiger partial charge is 0.475 e. The van der Waals surface area contributed by atoms with Gasteiger partial charge in [0.1, 0.15) is 11.9 Å². The number of rotatable bonds is 3. The van der Waals surface area contributed by atoms with Gasteiger partial charge in [-0.15, -0.1) is 0 Å². The Morgan fingerprint density at radius 3 is 2.43 bits per heavy atom. The molecule has 4 heterocycles. The maximum atomic E-state index is 12.6. The number of amides is 1. The SMILES string of the molecule is O=C(O)C(F)(F)F.O=C([C@H]1CC[C@@H]2[C@@H](CCN2Cc2ccco2)O1)N1CCOCC1. The number of fused-ring (bicyclic) bond motifs is 1. The molecule has 11 heteroatoms. The number of carbonyl (C=O) groups excluding carboxylic acids is 1.